The highest BCUT2D eigenvalue weighted by Gasteiger charge is 2.06. The van der Waals surface area contributed by atoms with Crippen molar-refractivity contribution in [3.05, 3.63) is 24.3 Å². The zero-order chi connectivity index (χ0) is 12.9. The molecule has 1 aromatic carbocycles. The van der Waals surface area contributed by atoms with Crippen LogP contribution in [0.4, 0.5) is 5.69 Å². The Morgan fingerprint density at radius 1 is 1.29 bits per heavy atom. The Labute approximate surface area is 100 Å². The van der Waals surface area contributed by atoms with E-state index in [2.05, 4.69) is 10.6 Å². The van der Waals surface area contributed by atoms with Crippen LogP contribution in [-0.4, -0.2) is 27.4 Å². The summed E-state index contributed by atoms with van der Waals surface area (Å²) in [6, 6.07) is 5.88. The average Bonchev–Trinajstić information content (AvgIpc) is 2.26. The molecule has 0 bridgehead atoms. The van der Waals surface area contributed by atoms with Gasteiger partial charge in [-0.05, 0) is 31.2 Å². The summed E-state index contributed by atoms with van der Waals surface area (Å²) in [5.74, 6) is -0.122. The van der Waals surface area contributed by atoms with Crippen LogP contribution in [0.2, 0.25) is 0 Å². The van der Waals surface area contributed by atoms with Gasteiger partial charge in [-0.3, -0.25) is 4.79 Å². The van der Waals surface area contributed by atoms with E-state index in [0.717, 1.165) is 0 Å². The van der Waals surface area contributed by atoms with Crippen LogP contribution < -0.4 is 15.8 Å². The minimum Gasteiger partial charge on any atom is -0.376 e. The third-order valence-corrected chi connectivity index (χ3v) is 2.94. The molecule has 0 saturated heterocycles. The Morgan fingerprint density at radius 2 is 1.88 bits per heavy atom. The Bertz CT molecular complexity index is 482. The summed E-state index contributed by atoms with van der Waals surface area (Å²) < 4.78 is 22.0. The molecule has 0 atom stereocenters. The lowest BCUT2D eigenvalue weighted by atomic mass is 10.3. The lowest BCUT2D eigenvalue weighted by molar-refractivity contribution is -0.119. The number of carbonyl (C=O) groups excluding carboxylic acids is 1. The first kappa shape index (κ1) is 13.5. The van der Waals surface area contributed by atoms with Crippen LogP contribution in [-0.2, 0) is 14.8 Å². The largest absolute Gasteiger partial charge is 0.376 e. The number of nitrogens with two attached hydrogens (primary N) is 1. The topological polar surface area (TPSA) is 101 Å². The number of hydrogen-bond donors (Lipinski definition) is 3. The molecule has 94 valence electrons. The molecule has 4 N–H and O–H groups in total. The number of anilines is 1. The third kappa shape index (κ3) is 4.41. The van der Waals surface area contributed by atoms with Gasteiger partial charge in [0.05, 0.1) is 11.4 Å². The SMILES string of the molecule is CCNC(=O)CNc1ccc(S(N)(=O)=O)cc1. The second kappa shape index (κ2) is 5.65. The van der Waals surface area contributed by atoms with E-state index >= 15 is 0 Å². The minimum absolute atomic E-state index is 0.0426. The summed E-state index contributed by atoms with van der Waals surface area (Å²) in [5.41, 5.74) is 0.656. The molecule has 0 heterocycles. The minimum atomic E-state index is -3.67. The summed E-state index contributed by atoms with van der Waals surface area (Å²) in [4.78, 5) is 11.2. The van der Waals surface area contributed by atoms with Crippen molar-refractivity contribution in [3.8, 4) is 0 Å². The number of benzene rings is 1. The van der Waals surface area contributed by atoms with Crippen LogP contribution in [0.5, 0.6) is 0 Å². The van der Waals surface area contributed by atoms with E-state index in [1.54, 1.807) is 12.1 Å². The summed E-state index contributed by atoms with van der Waals surface area (Å²) in [5, 5.41) is 10.5. The molecule has 0 fully saturated rings. The van der Waals surface area contributed by atoms with Gasteiger partial charge in [0.15, 0.2) is 0 Å². The first-order valence-corrected chi connectivity index (χ1v) is 6.61. The van der Waals surface area contributed by atoms with E-state index < -0.39 is 10.0 Å². The molecule has 6 nitrogen and oxygen atoms in total. The van der Waals surface area contributed by atoms with Crippen LogP contribution in [0.1, 0.15) is 6.92 Å². The Morgan fingerprint density at radius 3 is 2.35 bits per heavy atom. The van der Waals surface area contributed by atoms with Crippen molar-refractivity contribution in [2.24, 2.45) is 5.14 Å². The Kier molecular flexibility index (Phi) is 4.47. The first-order chi connectivity index (χ1) is 7.93. The average molecular weight is 257 g/mol. The molecular formula is C10H15N3O3S. The molecular weight excluding hydrogens is 242 g/mol. The van der Waals surface area contributed by atoms with Gasteiger partial charge in [-0.1, -0.05) is 0 Å². The first-order valence-electron chi connectivity index (χ1n) is 5.07. The number of nitrogens with one attached hydrogen (secondary N) is 2. The van der Waals surface area contributed by atoms with Crippen molar-refractivity contribution in [1.29, 1.82) is 0 Å². The highest BCUT2D eigenvalue weighted by molar-refractivity contribution is 7.89. The maximum atomic E-state index is 11.2. The Hall–Kier alpha value is -1.60. The Balaban J connectivity index is 2.60. The van der Waals surface area contributed by atoms with Gasteiger partial charge in [-0.15, -0.1) is 0 Å². The van der Waals surface area contributed by atoms with E-state index in [1.807, 2.05) is 6.92 Å². The zero-order valence-electron chi connectivity index (χ0n) is 9.43. The van der Waals surface area contributed by atoms with E-state index in [9.17, 15) is 13.2 Å². The number of amides is 1. The highest BCUT2D eigenvalue weighted by Crippen LogP contribution is 2.12. The lowest BCUT2D eigenvalue weighted by Gasteiger charge is -2.06. The fourth-order valence-corrected chi connectivity index (χ4v) is 1.72. The maximum absolute atomic E-state index is 11.2. The van der Waals surface area contributed by atoms with Gasteiger partial charge in [-0.25, -0.2) is 13.6 Å². The van der Waals surface area contributed by atoms with E-state index in [4.69, 9.17) is 5.14 Å². The second-order valence-electron chi connectivity index (χ2n) is 3.38. The number of primary sulfonamides is 1. The number of sulfonamides is 1. The van der Waals surface area contributed by atoms with Crippen molar-refractivity contribution >= 4 is 21.6 Å². The molecule has 1 amide bonds. The van der Waals surface area contributed by atoms with E-state index in [0.29, 0.717) is 12.2 Å². The van der Waals surface area contributed by atoms with Gasteiger partial charge in [0, 0.05) is 12.2 Å². The second-order valence-corrected chi connectivity index (χ2v) is 4.94. The van der Waals surface area contributed by atoms with Crippen molar-refractivity contribution in [2.45, 2.75) is 11.8 Å². The van der Waals surface area contributed by atoms with Gasteiger partial charge >= 0.3 is 0 Å². The van der Waals surface area contributed by atoms with Crippen molar-refractivity contribution in [1.82, 2.24) is 5.32 Å². The van der Waals surface area contributed by atoms with Crippen LogP contribution in [0.25, 0.3) is 0 Å². The van der Waals surface area contributed by atoms with Crippen LogP contribution in [0.15, 0.2) is 29.2 Å². The normalized spacial score (nSPS) is 10.9. The summed E-state index contributed by atoms with van der Waals surface area (Å²) in [7, 11) is -3.67. The lowest BCUT2D eigenvalue weighted by Crippen LogP contribution is -2.29. The van der Waals surface area contributed by atoms with Crippen molar-refractivity contribution in [3.63, 3.8) is 0 Å². The molecule has 0 aromatic heterocycles. The van der Waals surface area contributed by atoms with Crippen molar-refractivity contribution in [2.75, 3.05) is 18.4 Å². The number of rotatable bonds is 5. The molecule has 1 rings (SSSR count). The van der Waals surface area contributed by atoms with E-state index in [-0.39, 0.29) is 17.3 Å². The monoisotopic (exact) mass is 257 g/mol. The molecule has 0 unspecified atom stereocenters. The van der Waals surface area contributed by atoms with Gasteiger partial charge in [-0.2, -0.15) is 0 Å². The quantitative estimate of drug-likeness (QED) is 0.684. The van der Waals surface area contributed by atoms with Crippen LogP contribution in [0.3, 0.4) is 0 Å². The molecule has 0 spiro atoms. The standard InChI is InChI=1S/C10H15N3O3S/c1-2-12-10(14)7-13-8-3-5-9(6-4-8)17(11,15)16/h3-6,13H,2,7H2,1H3,(H,12,14)(H2,11,15,16). The molecule has 0 saturated carbocycles. The predicted molar refractivity (Wildman–Crippen MR) is 65.0 cm³/mol. The fraction of sp³-hybridized carbons (Fsp3) is 0.300. The molecule has 0 aliphatic rings. The maximum Gasteiger partial charge on any atom is 0.239 e. The van der Waals surface area contributed by atoms with Gasteiger partial charge in [0.25, 0.3) is 0 Å². The van der Waals surface area contributed by atoms with Gasteiger partial charge < -0.3 is 10.6 Å². The molecule has 0 aliphatic heterocycles. The molecule has 1 aromatic rings. The molecule has 7 heteroatoms. The molecule has 0 aliphatic carbocycles. The number of likely N-dealkylation sites (N-methyl/N-ethyl adjacent to an activating group) is 1. The van der Waals surface area contributed by atoms with Crippen molar-refractivity contribution < 1.29 is 13.2 Å². The third-order valence-electron chi connectivity index (χ3n) is 2.01. The zero-order valence-corrected chi connectivity index (χ0v) is 10.3. The van der Waals surface area contributed by atoms with E-state index in [1.165, 1.54) is 12.1 Å². The van der Waals surface area contributed by atoms with Gasteiger partial charge in [0.1, 0.15) is 0 Å². The summed E-state index contributed by atoms with van der Waals surface area (Å²) >= 11 is 0. The van der Waals surface area contributed by atoms with Crippen LogP contribution >= 0.6 is 0 Å². The summed E-state index contributed by atoms with van der Waals surface area (Å²) in [6.07, 6.45) is 0. The smallest absolute Gasteiger partial charge is 0.239 e. The van der Waals surface area contributed by atoms with Crippen LogP contribution in [0, 0.1) is 0 Å². The summed E-state index contributed by atoms with van der Waals surface area (Å²) in [6.45, 7) is 2.55. The fourth-order valence-electron chi connectivity index (χ4n) is 1.20. The van der Waals surface area contributed by atoms with Gasteiger partial charge in [0.2, 0.25) is 15.9 Å². The molecule has 17 heavy (non-hydrogen) atoms. The predicted octanol–water partition coefficient (Wildman–Crippen LogP) is -0.118. The number of carbonyl (C=O) groups is 1. The highest BCUT2D eigenvalue weighted by atomic mass is 32.2. The number of hydrogen-bond acceptors (Lipinski definition) is 4. The molecule has 0 radical (unpaired) electrons.